The summed E-state index contributed by atoms with van der Waals surface area (Å²) >= 11 is 1.72. The summed E-state index contributed by atoms with van der Waals surface area (Å²) in [7, 11) is 0. The van der Waals surface area contributed by atoms with E-state index in [-0.39, 0.29) is 23.8 Å². The van der Waals surface area contributed by atoms with Crippen LogP contribution in [-0.2, 0) is 9.59 Å². The first-order valence-corrected chi connectivity index (χ1v) is 7.90. The van der Waals surface area contributed by atoms with Crippen LogP contribution in [-0.4, -0.2) is 36.0 Å². The molecule has 2 atom stereocenters. The summed E-state index contributed by atoms with van der Waals surface area (Å²) in [6, 6.07) is 7.63. The molecule has 0 spiro atoms. The Morgan fingerprint density at radius 3 is 3.05 bits per heavy atom. The van der Waals surface area contributed by atoms with Gasteiger partial charge in [0.25, 0.3) is 0 Å². The van der Waals surface area contributed by atoms with Gasteiger partial charge in [0.15, 0.2) is 0 Å². The van der Waals surface area contributed by atoms with E-state index in [0.29, 0.717) is 13.0 Å². The van der Waals surface area contributed by atoms with Crippen LogP contribution in [0.25, 0.3) is 0 Å². The third-order valence-electron chi connectivity index (χ3n) is 3.68. The minimum atomic E-state index is -0.155. The lowest BCUT2D eigenvalue weighted by molar-refractivity contribution is -0.123. The van der Waals surface area contributed by atoms with Crippen molar-refractivity contribution < 1.29 is 9.59 Å². The lowest BCUT2D eigenvalue weighted by Gasteiger charge is -2.12. The van der Waals surface area contributed by atoms with Gasteiger partial charge in [0, 0.05) is 23.9 Å². The second-order valence-corrected chi connectivity index (χ2v) is 6.01. The summed E-state index contributed by atoms with van der Waals surface area (Å²) in [6.45, 7) is 0.522. The van der Waals surface area contributed by atoms with Crippen LogP contribution in [0.4, 0.5) is 5.69 Å². The molecule has 1 aromatic rings. The number of carbonyl (C=O) groups excluding carboxylic acids is 2. The lowest BCUT2D eigenvalue weighted by atomic mass is 9.97. The highest BCUT2D eigenvalue weighted by Gasteiger charge is 2.30. The van der Waals surface area contributed by atoms with Crippen LogP contribution in [0.5, 0.6) is 0 Å². The van der Waals surface area contributed by atoms with Crippen LogP contribution in [0.1, 0.15) is 17.9 Å². The Morgan fingerprint density at radius 1 is 1.40 bits per heavy atom. The van der Waals surface area contributed by atoms with Crippen LogP contribution >= 0.6 is 11.8 Å². The first kappa shape index (κ1) is 13.5. The number of fused-ring (bicyclic) bond motifs is 1. The van der Waals surface area contributed by atoms with E-state index in [0.717, 1.165) is 22.9 Å². The maximum absolute atomic E-state index is 11.9. The van der Waals surface area contributed by atoms with Gasteiger partial charge in [-0.15, -0.1) is 11.8 Å². The van der Waals surface area contributed by atoms with Gasteiger partial charge in [-0.3, -0.25) is 14.9 Å². The zero-order chi connectivity index (χ0) is 13.9. The van der Waals surface area contributed by atoms with Crippen molar-refractivity contribution in [3.8, 4) is 0 Å². The van der Waals surface area contributed by atoms with Gasteiger partial charge in [-0.25, -0.2) is 0 Å². The van der Waals surface area contributed by atoms with Crippen molar-refractivity contribution in [2.45, 2.75) is 18.4 Å². The molecule has 2 unspecified atom stereocenters. The summed E-state index contributed by atoms with van der Waals surface area (Å²) < 4.78 is 0. The molecule has 0 saturated carbocycles. The summed E-state index contributed by atoms with van der Waals surface area (Å²) in [5.74, 6) is 1.55. The second-order valence-electron chi connectivity index (χ2n) is 4.98. The Hall–Kier alpha value is -1.53. The fourth-order valence-electron chi connectivity index (χ4n) is 2.59. The molecule has 0 radical (unpaired) electrons. The molecule has 6 heteroatoms. The van der Waals surface area contributed by atoms with Crippen LogP contribution in [0.15, 0.2) is 24.3 Å². The highest BCUT2D eigenvalue weighted by molar-refractivity contribution is 7.99. The van der Waals surface area contributed by atoms with Crippen LogP contribution < -0.4 is 16.0 Å². The Bertz CT molecular complexity index is 529. The fraction of sp³-hybridized carbons (Fsp3) is 0.429. The van der Waals surface area contributed by atoms with Gasteiger partial charge >= 0.3 is 0 Å². The molecular weight excluding hydrogens is 274 g/mol. The number of carbonyl (C=O) groups is 2. The molecule has 1 fully saturated rings. The number of amides is 2. The molecule has 106 valence electrons. The smallest absolute Gasteiger partial charge is 0.238 e. The number of rotatable bonds is 4. The molecule has 2 heterocycles. The average molecular weight is 291 g/mol. The van der Waals surface area contributed by atoms with Crippen LogP contribution in [0.2, 0.25) is 0 Å². The van der Waals surface area contributed by atoms with Crippen LogP contribution in [0.3, 0.4) is 0 Å². The van der Waals surface area contributed by atoms with E-state index in [1.54, 1.807) is 11.8 Å². The Kier molecular flexibility index (Phi) is 3.93. The molecular formula is C14H17N3O2S. The zero-order valence-electron chi connectivity index (χ0n) is 11.0. The van der Waals surface area contributed by atoms with E-state index in [4.69, 9.17) is 0 Å². The highest BCUT2D eigenvalue weighted by Crippen LogP contribution is 2.33. The molecule has 5 nitrogen and oxygen atoms in total. The maximum atomic E-state index is 11.9. The van der Waals surface area contributed by atoms with Gasteiger partial charge in [0.2, 0.25) is 11.8 Å². The van der Waals surface area contributed by atoms with Gasteiger partial charge in [-0.05, 0) is 18.1 Å². The van der Waals surface area contributed by atoms with Gasteiger partial charge in [0.05, 0.1) is 12.0 Å². The normalized spacial score (nSPS) is 24.3. The first-order chi connectivity index (χ1) is 9.75. The van der Waals surface area contributed by atoms with Crippen molar-refractivity contribution in [3.63, 3.8) is 0 Å². The molecule has 0 bridgehead atoms. The number of thioether (sulfide) groups is 1. The number of hydrogen-bond acceptors (Lipinski definition) is 4. The molecule has 1 saturated heterocycles. The van der Waals surface area contributed by atoms with E-state index in [1.807, 2.05) is 24.3 Å². The van der Waals surface area contributed by atoms with E-state index in [1.165, 1.54) is 0 Å². The SMILES string of the molecule is O=C(NCCC1C(=O)Nc2ccccc21)C1CSCN1. The molecule has 2 aliphatic rings. The van der Waals surface area contributed by atoms with Crippen molar-refractivity contribution in [1.29, 1.82) is 0 Å². The molecule has 0 aliphatic carbocycles. The summed E-state index contributed by atoms with van der Waals surface area (Å²) in [4.78, 5) is 23.8. The zero-order valence-corrected chi connectivity index (χ0v) is 11.8. The molecule has 2 amide bonds. The molecule has 20 heavy (non-hydrogen) atoms. The Labute approximate surface area is 121 Å². The minimum absolute atomic E-state index is 0.0231. The van der Waals surface area contributed by atoms with Crippen molar-refractivity contribution >= 4 is 29.3 Å². The van der Waals surface area contributed by atoms with Crippen molar-refractivity contribution in [1.82, 2.24) is 10.6 Å². The van der Waals surface area contributed by atoms with Crippen molar-refractivity contribution in [2.24, 2.45) is 0 Å². The fourth-order valence-corrected chi connectivity index (χ4v) is 3.53. The van der Waals surface area contributed by atoms with E-state index in [2.05, 4.69) is 16.0 Å². The quantitative estimate of drug-likeness (QED) is 0.770. The molecule has 3 rings (SSSR count). The monoisotopic (exact) mass is 291 g/mol. The molecule has 0 aromatic heterocycles. The topological polar surface area (TPSA) is 70.2 Å². The maximum Gasteiger partial charge on any atom is 0.238 e. The van der Waals surface area contributed by atoms with Crippen molar-refractivity contribution in [2.75, 3.05) is 23.5 Å². The predicted molar refractivity (Wildman–Crippen MR) is 79.7 cm³/mol. The predicted octanol–water partition coefficient (Wildman–Crippen LogP) is 0.891. The largest absolute Gasteiger partial charge is 0.355 e. The Balaban J connectivity index is 1.54. The number of anilines is 1. The molecule has 1 aromatic carbocycles. The lowest BCUT2D eigenvalue weighted by Crippen LogP contribution is -2.42. The molecule has 3 N–H and O–H groups in total. The Morgan fingerprint density at radius 2 is 2.25 bits per heavy atom. The second kappa shape index (κ2) is 5.85. The van der Waals surface area contributed by atoms with E-state index < -0.39 is 0 Å². The van der Waals surface area contributed by atoms with E-state index >= 15 is 0 Å². The number of nitrogens with one attached hydrogen (secondary N) is 3. The van der Waals surface area contributed by atoms with Crippen molar-refractivity contribution in [3.05, 3.63) is 29.8 Å². The third-order valence-corrected chi connectivity index (χ3v) is 4.62. The average Bonchev–Trinajstić information content (AvgIpc) is 3.07. The summed E-state index contributed by atoms with van der Waals surface area (Å²) in [5.41, 5.74) is 1.92. The van der Waals surface area contributed by atoms with Gasteiger partial charge in [-0.2, -0.15) is 0 Å². The van der Waals surface area contributed by atoms with Crippen LogP contribution in [0, 0.1) is 0 Å². The number of benzene rings is 1. The van der Waals surface area contributed by atoms with Gasteiger partial charge in [-0.1, -0.05) is 18.2 Å². The summed E-state index contributed by atoms with van der Waals surface area (Å²) in [5, 5.41) is 8.91. The van der Waals surface area contributed by atoms with E-state index in [9.17, 15) is 9.59 Å². The third kappa shape index (κ3) is 2.66. The van der Waals surface area contributed by atoms with Gasteiger partial charge < -0.3 is 10.6 Å². The minimum Gasteiger partial charge on any atom is -0.355 e. The first-order valence-electron chi connectivity index (χ1n) is 6.74. The number of para-hydroxylation sites is 1. The summed E-state index contributed by atoms with van der Waals surface area (Å²) in [6.07, 6.45) is 0.633. The number of hydrogen-bond donors (Lipinski definition) is 3. The molecule has 2 aliphatic heterocycles. The standard InChI is InChI=1S/C14H17N3O2S/c18-13-10(9-3-1-2-4-11(9)17-13)5-6-15-14(19)12-7-20-8-16-12/h1-4,10,12,16H,5-8H2,(H,15,19)(H,17,18). The highest BCUT2D eigenvalue weighted by atomic mass is 32.2. The van der Waals surface area contributed by atoms with Gasteiger partial charge in [0.1, 0.15) is 0 Å².